The molecule has 0 aromatic rings. The number of carbonyl (C=O) groups is 2. The number of carbonyl (C=O) groups excluding carboxylic acids is 2. The lowest BCUT2D eigenvalue weighted by atomic mass is 9.77. The third-order valence-corrected chi connectivity index (χ3v) is 4.68. The van der Waals surface area contributed by atoms with Crippen LogP contribution in [0.5, 0.6) is 0 Å². The Morgan fingerprint density at radius 2 is 2.32 bits per heavy atom. The zero-order chi connectivity index (χ0) is 15.9. The number of likely N-dealkylation sites (tertiary alicyclic amines) is 1. The molecule has 6 heteroatoms. The zero-order valence-corrected chi connectivity index (χ0v) is 13.3. The Hall–Kier alpha value is -1.40. The van der Waals surface area contributed by atoms with Gasteiger partial charge in [-0.05, 0) is 20.3 Å². The van der Waals surface area contributed by atoms with Gasteiger partial charge in [0.2, 0.25) is 5.91 Å². The molecule has 6 nitrogen and oxygen atoms in total. The fraction of sp³-hybridized carbons (Fsp3) is 0.750. The van der Waals surface area contributed by atoms with E-state index in [1.807, 2.05) is 26.0 Å². The van der Waals surface area contributed by atoms with Crippen molar-refractivity contribution >= 4 is 11.9 Å². The Balaban J connectivity index is 1.66. The summed E-state index contributed by atoms with van der Waals surface area (Å²) in [4.78, 5) is 26.5. The van der Waals surface area contributed by atoms with Gasteiger partial charge in [0.1, 0.15) is 11.5 Å². The largest absolute Gasteiger partial charge is 0.469 e. The van der Waals surface area contributed by atoms with Crippen LogP contribution in [0.2, 0.25) is 0 Å². The molecule has 22 heavy (non-hydrogen) atoms. The number of fused-ring (bicyclic) bond motifs is 1. The second-order valence-electron chi connectivity index (χ2n) is 6.46. The predicted octanol–water partition coefficient (Wildman–Crippen LogP) is 0.756. The number of hydrogen-bond donors (Lipinski definition) is 0. The molecule has 2 saturated heterocycles. The first-order valence-corrected chi connectivity index (χ1v) is 7.84. The lowest BCUT2D eigenvalue weighted by Crippen LogP contribution is -2.39. The summed E-state index contributed by atoms with van der Waals surface area (Å²) in [6.07, 6.45) is 4.48. The van der Waals surface area contributed by atoms with Gasteiger partial charge in [-0.3, -0.25) is 9.59 Å². The van der Waals surface area contributed by atoms with Crippen molar-refractivity contribution in [1.82, 2.24) is 4.90 Å². The number of rotatable bonds is 6. The van der Waals surface area contributed by atoms with Crippen molar-refractivity contribution in [1.29, 1.82) is 0 Å². The summed E-state index contributed by atoms with van der Waals surface area (Å²) < 4.78 is 16.3. The fourth-order valence-electron chi connectivity index (χ4n) is 3.75. The Morgan fingerprint density at radius 1 is 1.55 bits per heavy atom. The quantitative estimate of drug-likeness (QED) is 0.412. The molecule has 122 valence electrons. The normalized spacial score (nSPS) is 35.5. The SMILES string of the molecule is COC(=O)[C@H]1[C@H]2C=C[C@]3(CN(CCCOC(C)C)C(=O)[C@@H]13)O2. The number of ether oxygens (including phenoxy) is 3. The summed E-state index contributed by atoms with van der Waals surface area (Å²) in [5.74, 6) is -1.33. The molecule has 3 aliphatic heterocycles. The van der Waals surface area contributed by atoms with Gasteiger partial charge in [0, 0.05) is 13.2 Å². The lowest BCUT2D eigenvalue weighted by Gasteiger charge is -2.22. The number of methoxy groups -OCH3 is 1. The molecule has 0 N–H and O–H groups in total. The van der Waals surface area contributed by atoms with E-state index in [2.05, 4.69) is 0 Å². The third-order valence-electron chi connectivity index (χ3n) is 4.68. The van der Waals surface area contributed by atoms with Crippen molar-refractivity contribution in [2.75, 3.05) is 26.8 Å². The summed E-state index contributed by atoms with van der Waals surface area (Å²) in [6, 6.07) is 0. The Kier molecular flexibility index (Phi) is 3.99. The maximum absolute atomic E-state index is 12.7. The minimum absolute atomic E-state index is 0.00760. The predicted molar refractivity (Wildman–Crippen MR) is 78.0 cm³/mol. The molecule has 0 radical (unpaired) electrons. The topological polar surface area (TPSA) is 65.1 Å². The van der Waals surface area contributed by atoms with Crippen molar-refractivity contribution in [3.05, 3.63) is 12.2 Å². The summed E-state index contributed by atoms with van der Waals surface area (Å²) in [5, 5.41) is 0. The van der Waals surface area contributed by atoms with Gasteiger partial charge in [-0.15, -0.1) is 0 Å². The van der Waals surface area contributed by atoms with Crippen molar-refractivity contribution in [2.24, 2.45) is 11.8 Å². The molecule has 3 heterocycles. The highest BCUT2D eigenvalue weighted by Crippen LogP contribution is 2.52. The monoisotopic (exact) mass is 309 g/mol. The average Bonchev–Trinajstić information content (AvgIpc) is 3.11. The molecule has 0 aromatic carbocycles. The van der Waals surface area contributed by atoms with Crippen LogP contribution in [-0.2, 0) is 23.8 Å². The standard InChI is InChI=1S/C16H23NO5/c1-10(2)21-8-4-7-17-9-16-6-5-11(22-16)12(15(19)20-3)13(16)14(17)18/h5-6,10-13H,4,7-9H2,1-3H3/t11-,12+,13-,16-/m1/s1. The van der Waals surface area contributed by atoms with E-state index in [1.54, 1.807) is 4.90 Å². The van der Waals surface area contributed by atoms with E-state index >= 15 is 0 Å². The van der Waals surface area contributed by atoms with Crippen LogP contribution in [-0.4, -0.2) is 61.4 Å². The Labute approximate surface area is 130 Å². The minimum atomic E-state index is -0.639. The van der Waals surface area contributed by atoms with E-state index in [0.29, 0.717) is 19.7 Å². The summed E-state index contributed by atoms with van der Waals surface area (Å²) >= 11 is 0. The maximum Gasteiger partial charge on any atom is 0.312 e. The number of esters is 1. The van der Waals surface area contributed by atoms with Gasteiger partial charge < -0.3 is 19.1 Å². The number of nitrogens with zero attached hydrogens (tertiary/aromatic N) is 1. The van der Waals surface area contributed by atoms with E-state index < -0.39 is 17.4 Å². The molecule has 0 saturated carbocycles. The van der Waals surface area contributed by atoms with E-state index in [-0.39, 0.29) is 24.1 Å². The summed E-state index contributed by atoms with van der Waals surface area (Å²) in [7, 11) is 1.35. The summed E-state index contributed by atoms with van der Waals surface area (Å²) in [5.41, 5.74) is -0.639. The van der Waals surface area contributed by atoms with Crippen LogP contribution in [0.1, 0.15) is 20.3 Å². The van der Waals surface area contributed by atoms with Crippen molar-refractivity contribution in [2.45, 2.75) is 38.1 Å². The van der Waals surface area contributed by atoms with E-state index in [9.17, 15) is 9.59 Å². The van der Waals surface area contributed by atoms with Gasteiger partial charge >= 0.3 is 5.97 Å². The van der Waals surface area contributed by atoms with Crippen molar-refractivity contribution < 1.29 is 23.8 Å². The number of hydrogen-bond acceptors (Lipinski definition) is 5. The van der Waals surface area contributed by atoms with Crippen LogP contribution in [0.25, 0.3) is 0 Å². The molecule has 2 bridgehead atoms. The number of amides is 1. The van der Waals surface area contributed by atoms with Gasteiger partial charge in [0.15, 0.2) is 0 Å². The van der Waals surface area contributed by atoms with Crippen LogP contribution in [0, 0.1) is 11.8 Å². The smallest absolute Gasteiger partial charge is 0.312 e. The molecule has 3 rings (SSSR count). The highest BCUT2D eigenvalue weighted by Gasteiger charge is 2.67. The van der Waals surface area contributed by atoms with Crippen LogP contribution in [0.15, 0.2) is 12.2 Å². The molecule has 0 unspecified atom stereocenters. The van der Waals surface area contributed by atoms with Crippen LogP contribution in [0.4, 0.5) is 0 Å². The second kappa shape index (κ2) is 5.66. The molecule has 0 aromatic heterocycles. The Morgan fingerprint density at radius 3 is 3.00 bits per heavy atom. The van der Waals surface area contributed by atoms with Crippen LogP contribution < -0.4 is 0 Å². The maximum atomic E-state index is 12.7. The van der Waals surface area contributed by atoms with Gasteiger partial charge in [-0.25, -0.2) is 0 Å². The van der Waals surface area contributed by atoms with Gasteiger partial charge in [0.25, 0.3) is 0 Å². The van der Waals surface area contributed by atoms with E-state index in [4.69, 9.17) is 14.2 Å². The van der Waals surface area contributed by atoms with Crippen LogP contribution in [0.3, 0.4) is 0 Å². The van der Waals surface area contributed by atoms with Gasteiger partial charge in [-0.1, -0.05) is 12.2 Å². The van der Waals surface area contributed by atoms with E-state index in [1.165, 1.54) is 7.11 Å². The van der Waals surface area contributed by atoms with Crippen molar-refractivity contribution in [3.8, 4) is 0 Å². The second-order valence-corrected chi connectivity index (χ2v) is 6.46. The first kappa shape index (κ1) is 15.5. The van der Waals surface area contributed by atoms with E-state index in [0.717, 1.165) is 6.42 Å². The highest BCUT2D eigenvalue weighted by molar-refractivity contribution is 5.91. The van der Waals surface area contributed by atoms with Gasteiger partial charge in [-0.2, -0.15) is 0 Å². The Bertz CT molecular complexity index is 503. The molecular weight excluding hydrogens is 286 g/mol. The fourth-order valence-corrected chi connectivity index (χ4v) is 3.75. The highest BCUT2D eigenvalue weighted by atomic mass is 16.5. The van der Waals surface area contributed by atoms with Crippen LogP contribution >= 0.6 is 0 Å². The molecule has 4 atom stereocenters. The average molecular weight is 309 g/mol. The first-order chi connectivity index (χ1) is 10.5. The molecule has 1 spiro atoms. The third kappa shape index (κ3) is 2.34. The molecule has 0 aliphatic carbocycles. The molecule has 2 fully saturated rings. The van der Waals surface area contributed by atoms with Gasteiger partial charge in [0.05, 0.1) is 31.8 Å². The van der Waals surface area contributed by atoms with Crippen molar-refractivity contribution in [3.63, 3.8) is 0 Å². The summed E-state index contributed by atoms with van der Waals surface area (Å²) in [6.45, 7) is 5.74. The minimum Gasteiger partial charge on any atom is -0.469 e. The lowest BCUT2D eigenvalue weighted by molar-refractivity contribution is -0.151. The molecule has 3 aliphatic rings. The molecule has 1 amide bonds. The first-order valence-electron chi connectivity index (χ1n) is 7.84. The molecular formula is C16H23NO5. The zero-order valence-electron chi connectivity index (χ0n) is 13.3.